The Bertz CT molecular complexity index is 557. The van der Waals surface area contributed by atoms with Crippen molar-refractivity contribution in [2.75, 3.05) is 38.2 Å². The van der Waals surface area contributed by atoms with Crippen LogP contribution < -0.4 is 10.1 Å². The molecule has 0 aromatic heterocycles. The maximum atomic E-state index is 12.4. The van der Waals surface area contributed by atoms with E-state index in [0.29, 0.717) is 19.1 Å². The Morgan fingerprint density at radius 3 is 2.68 bits per heavy atom. The van der Waals surface area contributed by atoms with Crippen LogP contribution in [0, 0.1) is 18.3 Å². The molecular formula is C20H28N2O3. The van der Waals surface area contributed by atoms with Crippen molar-refractivity contribution in [3.63, 3.8) is 0 Å². The van der Waals surface area contributed by atoms with Gasteiger partial charge in [-0.1, -0.05) is 19.3 Å². The molecule has 0 bridgehead atoms. The number of anilines is 1. The summed E-state index contributed by atoms with van der Waals surface area (Å²) in [7, 11) is 0. The van der Waals surface area contributed by atoms with Crippen LogP contribution in [0.2, 0.25) is 0 Å². The maximum Gasteiger partial charge on any atom is 0.321 e. The van der Waals surface area contributed by atoms with Crippen LogP contribution in [0.5, 0.6) is 5.75 Å². The smallest absolute Gasteiger partial charge is 0.321 e. The van der Waals surface area contributed by atoms with E-state index in [2.05, 4.69) is 18.2 Å². The average molecular weight is 344 g/mol. The summed E-state index contributed by atoms with van der Waals surface area (Å²) in [5, 5.41) is 2.95. The zero-order chi connectivity index (χ0) is 17.9. The molecule has 1 heterocycles. The molecular weight excluding hydrogens is 316 g/mol. The minimum atomic E-state index is -0.0531. The molecule has 1 aliphatic rings. The number of rotatable bonds is 8. The predicted octanol–water partition coefficient (Wildman–Crippen LogP) is 3.76. The van der Waals surface area contributed by atoms with Gasteiger partial charge >= 0.3 is 6.03 Å². The molecule has 136 valence electrons. The van der Waals surface area contributed by atoms with Crippen molar-refractivity contribution in [3.8, 4) is 18.1 Å². The fourth-order valence-electron chi connectivity index (χ4n) is 2.76. The molecule has 0 unspecified atom stereocenters. The van der Waals surface area contributed by atoms with Gasteiger partial charge in [0.05, 0.1) is 13.2 Å². The summed E-state index contributed by atoms with van der Waals surface area (Å²) in [5.74, 6) is 3.79. The van der Waals surface area contributed by atoms with Crippen LogP contribution in [-0.2, 0) is 4.74 Å². The molecule has 0 radical (unpaired) electrons. The number of carbonyl (C=O) groups is 1. The second-order valence-electron chi connectivity index (χ2n) is 6.31. The number of likely N-dealkylation sites (tertiary alicyclic amines) is 1. The van der Waals surface area contributed by atoms with E-state index in [0.717, 1.165) is 56.8 Å². The van der Waals surface area contributed by atoms with Crippen molar-refractivity contribution in [1.29, 1.82) is 0 Å². The van der Waals surface area contributed by atoms with Crippen LogP contribution in [0.4, 0.5) is 10.5 Å². The van der Waals surface area contributed by atoms with Gasteiger partial charge in [-0.2, -0.15) is 0 Å². The molecule has 2 rings (SSSR count). The van der Waals surface area contributed by atoms with E-state index in [1.807, 2.05) is 29.2 Å². The van der Waals surface area contributed by atoms with E-state index < -0.39 is 0 Å². The van der Waals surface area contributed by atoms with E-state index in [4.69, 9.17) is 15.9 Å². The number of ether oxygens (including phenoxy) is 2. The zero-order valence-electron chi connectivity index (χ0n) is 15.0. The first-order valence-corrected chi connectivity index (χ1v) is 9.03. The van der Waals surface area contributed by atoms with Crippen molar-refractivity contribution >= 4 is 11.7 Å². The third-order valence-electron chi connectivity index (χ3n) is 4.31. The van der Waals surface area contributed by atoms with Gasteiger partial charge in [0.15, 0.2) is 0 Å². The average Bonchev–Trinajstić information content (AvgIpc) is 2.64. The molecule has 1 aromatic rings. The van der Waals surface area contributed by atoms with Crippen molar-refractivity contribution in [1.82, 2.24) is 4.90 Å². The van der Waals surface area contributed by atoms with Crippen LogP contribution in [0.3, 0.4) is 0 Å². The number of urea groups is 1. The molecule has 5 heteroatoms. The number of hydrogen-bond donors (Lipinski definition) is 1. The lowest BCUT2D eigenvalue weighted by molar-refractivity contribution is 0.0932. The van der Waals surface area contributed by atoms with Gasteiger partial charge in [0.2, 0.25) is 0 Å². The van der Waals surface area contributed by atoms with Crippen LogP contribution in [0.1, 0.15) is 32.6 Å². The SMILES string of the molecule is C#CCOCC1CCN(C(=O)Nc2ccc(OCCCC)cc2)CC1. The number of terminal acetylenes is 1. The lowest BCUT2D eigenvalue weighted by Crippen LogP contribution is -2.41. The third-order valence-corrected chi connectivity index (χ3v) is 4.31. The van der Waals surface area contributed by atoms with Gasteiger partial charge in [0, 0.05) is 18.8 Å². The van der Waals surface area contributed by atoms with Gasteiger partial charge in [-0.15, -0.1) is 6.42 Å². The standard InChI is InChI=1S/C20H28N2O3/c1-3-5-15-25-19-8-6-18(7-9-19)21-20(23)22-12-10-17(11-13-22)16-24-14-4-2/h2,6-9,17H,3,5,10-16H2,1H3,(H,21,23). The van der Waals surface area contributed by atoms with E-state index in [9.17, 15) is 4.79 Å². The van der Waals surface area contributed by atoms with Crippen LogP contribution in [0.25, 0.3) is 0 Å². The van der Waals surface area contributed by atoms with Gasteiger partial charge in [0.25, 0.3) is 0 Å². The number of nitrogens with zero attached hydrogens (tertiary/aromatic N) is 1. The Labute approximate surface area is 150 Å². The van der Waals surface area contributed by atoms with E-state index in [-0.39, 0.29) is 6.03 Å². The number of hydrogen-bond acceptors (Lipinski definition) is 3. The minimum Gasteiger partial charge on any atom is -0.494 e. The Morgan fingerprint density at radius 1 is 1.32 bits per heavy atom. The second kappa shape index (κ2) is 10.6. The fraction of sp³-hybridized carbons (Fsp3) is 0.550. The summed E-state index contributed by atoms with van der Waals surface area (Å²) in [6.07, 6.45) is 9.22. The van der Waals surface area contributed by atoms with Gasteiger partial charge < -0.3 is 19.7 Å². The molecule has 0 aliphatic carbocycles. The Kier molecular flexibility index (Phi) is 8.14. The highest BCUT2D eigenvalue weighted by Gasteiger charge is 2.22. The zero-order valence-corrected chi connectivity index (χ0v) is 15.0. The summed E-state index contributed by atoms with van der Waals surface area (Å²) in [6.45, 7) is 5.39. The third kappa shape index (κ3) is 6.67. The van der Waals surface area contributed by atoms with Crippen LogP contribution in [-0.4, -0.2) is 43.8 Å². The number of benzene rings is 1. The largest absolute Gasteiger partial charge is 0.494 e. The Morgan fingerprint density at radius 2 is 2.04 bits per heavy atom. The van der Waals surface area contributed by atoms with Crippen LogP contribution in [0.15, 0.2) is 24.3 Å². The second-order valence-corrected chi connectivity index (χ2v) is 6.31. The lowest BCUT2D eigenvalue weighted by Gasteiger charge is -2.31. The number of amides is 2. The summed E-state index contributed by atoms with van der Waals surface area (Å²) >= 11 is 0. The molecule has 0 atom stereocenters. The highest BCUT2D eigenvalue weighted by atomic mass is 16.5. The maximum absolute atomic E-state index is 12.4. The monoisotopic (exact) mass is 344 g/mol. The molecule has 1 fully saturated rings. The Hall–Kier alpha value is -2.19. The molecule has 0 spiro atoms. The molecule has 25 heavy (non-hydrogen) atoms. The van der Waals surface area contributed by atoms with E-state index in [1.54, 1.807) is 0 Å². The highest BCUT2D eigenvalue weighted by molar-refractivity contribution is 5.89. The minimum absolute atomic E-state index is 0.0531. The number of carbonyl (C=O) groups excluding carboxylic acids is 1. The number of nitrogens with one attached hydrogen (secondary N) is 1. The van der Waals surface area contributed by atoms with E-state index >= 15 is 0 Å². The first kappa shape index (κ1) is 19.1. The van der Waals surface area contributed by atoms with Gasteiger partial charge in [-0.25, -0.2) is 4.79 Å². The lowest BCUT2D eigenvalue weighted by atomic mass is 9.98. The Balaban J connectivity index is 1.72. The van der Waals surface area contributed by atoms with Gasteiger partial charge in [-0.3, -0.25) is 0 Å². The molecule has 1 saturated heterocycles. The van der Waals surface area contributed by atoms with Crippen molar-refractivity contribution in [2.24, 2.45) is 5.92 Å². The topological polar surface area (TPSA) is 50.8 Å². The number of piperidine rings is 1. The fourth-order valence-corrected chi connectivity index (χ4v) is 2.76. The summed E-state index contributed by atoms with van der Waals surface area (Å²) in [6, 6.07) is 7.47. The van der Waals surface area contributed by atoms with Gasteiger partial charge in [-0.05, 0) is 49.4 Å². The highest BCUT2D eigenvalue weighted by Crippen LogP contribution is 2.20. The summed E-state index contributed by atoms with van der Waals surface area (Å²) in [5.41, 5.74) is 0.785. The molecule has 1 N–H and O–H groups in total. The summed E-state index contributed by atoms with van der Waals surface area (Å²) in [4.78, 5) is 14.2. The van der Waals surface area contributed by atoms with Crippen molar-refractivity contribution in [3.05, 3.63) is 24.3 Å². The van der Waals surface area contributed by atoms with Gasteiger partial charge in [0.1, 0.15) is 12.4 Å². The summed E-state index contributed by atoms with van der Waals surface area (Å²) < 4.78 is 11.0. The van der Waals surface area contributed by atoms with E-state index in [1.165, 1.54) is 0 Å². The molecule has 0 saturated carbocycles. The first-order chi connectivity index (χ1) is 12.2. The molecule has 2 amide bonds. The molecule has 5 nitrogen and oxygen atoms in total. The normalized spacial score (nSPS) is 14.8. The predicted molar refractivity (Wildman–Crippen MR) is 99.8 cm³/mol. The van der Waals surface area contributed by atoms with Crippen LogP contribution >= 0.6 is 0 Å². The van der Waals surface area contributed by atoms with Crippen molar-refractivity contribution in [2.45, 2.75) is 32.6 Å². The quantitative estimate of drug-likeness (QED) is 0.577. The number of unbranched alkanes of at least 4 members (excludes halogenated alkanes) is 1. The first-order valence-electron chi connectivity index (χ1n) is 9.03. The molecule has 1 aromatic carbocycles. The molecule has 1 aliphatic heterocycles. The van der Waals surface area contributed by atoms with Crippen molar-refractivity contribution < 1.29 is 14.3 Å².